The Kier molecular flexibility index (Phi) is 5.45. The van der Waals surface area contributed by atoms with Crippen molar-refractivity contribution >= 4 is 66.0 Å². The summed E-state index contributed by atoms with van der Waals surface area (Å²) in [6, 6.07) is 11.2. The summed E-state index contributed by atoms with van der Waals surface area (Å²) in [4.78, 5) is 12.3. The van der Waals surface area contributed by atoms with Crippen molar-refractivity contribution < 1.29 is 9.53 Å². The van der Waals surface area contributed by atoms with E-state index in [0.29, 0.717) is 11.3 Å². The van der Waals surface area contributed by atoms with Gasteiger partial charge < -0.3 is 10.1 Å². The lowest BCUT2D eigenvalue weighted by Crippen LogP contribution is -2.13. The second kappa shape index (κ2) is 6.91. The van der Waals surface area contributed by atoms with Gasteiger partial charge in [-0.15, -0.1) is 0 Å². The molecule has 2 rings (SSSR count). The van der Waals surface area contributed by atoms with Crippen LogP contribution in [0.4, 0.5) is 5.69 Å². The number of carbonyl (C=O) groups is 1. The van der Waals surface area contributed by atoms with E-state index in [1.54, 1.807) is 6.07 Å². The number of anilines is 1. The first kappa shape index (κ1) is 15.8. The number of amides is 1. The Bertz CT molecular complexity index is 644. The minimum Gasteiger partial charge on any atom is -0.495 e. The molecule has 6 heteroatoms. The van der Waals surface area contributed by atoms with Crippen LogP contribution in [0.1, 0.15) is 10.4 Å². The molecule has 20 heavy (non-hydrogen) atoms. The summed E-state index contributed by atoms with van der Waals surface area (Å²) in [6.07, 6.45) is 0. The SMILES string of the molecule is COc1c(Br)cc(Br)cc1C(=O)Nc1ccc(I)cc1. The maximum absolute atomic E-state index is 12.3. The van der Waals surface area contributed by atoms with Crippen LogP contribution in [0.3, 0.4) is 0 Å². The zero-order valence-corrected chi connectivity index (χ0v) is 15.7. The number of hydrogen-bond acceptors (Lipinski definition) is 2. The molecule has 0 aliphatic carbocycles. The zero-order valence-electron chi connectivity index (χ0n) is 10.4. The van der Waals surface area contributed by atoms with Gasteiger partial charge in [0.15, 0.2) is 0 Å². The van der Waals surface area contributed by atoms with E-state index in [1.165, 1.54) is 7.11 Å². The lowest BCUT2D eigenvalue weighted by molar-refractivity contribution is 0.102. The molecule has 0 aliphatic rings. The highest BCUT2D eigenvalue weighted by atomic mass is 127. The third kappa shape index (κ3) is 3.73. The van der Waals surface area contributed by atoms with E-state index < -0.39 is 0 Å². The van der Waals surface area contributed by atoms with Gasteiger partial charge in [0.25, 0.3) is 5.91 Å². The lowest BCUT2D eigenvalue weighted by atomic mass is 10.2. The normalized spacial score (nSPS) is 10.2. The van der Waals surface area contributed by atoms with E-state index in [9.17, 15) is 4.79 Å². The molecule has 0 atom stereocenters. The van der Waals surface area contributed by atoms with Crippen molar-refractivity contribution in [1.29, 1.82) is 0 Å². The topological polar surface area (TPSA) is 38.3 Å². The lowest BCUT2D eigenvalue weighted by Gasteiger charge is -2.11. The highest BCUT2D eigenvalue weighted by molar-refractivity contribution is 14.1. The molecule has 0 saturated heterocycles. The molecule has 1 amide bonds. The Hall–Kier alpha value is -0.600. The summed E-state index contributed by atoms with van der Waals surface area (Å²) in [5.74, 6) is 0.293. The summed E-state index contributed by atoms with van der Waals surface area (Å²) in [7, 11) is 1.54. The molecular weight excluding hydrogens is 501 g/mol. The number of rotatable bonds is 3. The van der Waals surface area contributed by atoms with Gasteiger partial charge in [0.2, 0.25) is 0 Å². The summed E-state index contributed by atoms with van der Waals surface area (Å²) in [5.41, 5.74) is 1.21. The van der Waals surface area contributed by atoms with E-state index in [1.807, 2.05) is 30.3 Å². The maximum atomic E-state index is 12.3. The summed E-state index contributed by atoms with van der Waals surface area (Å²) in [6.45, 7) is 0. The number of methoxy groups -OCH3 is 1. The molecule has 0 bridgehead atoms. The van der Waals surface area contributed by atoms with Crippen molar-refractivity contribution in [2.75, 3.05) is 12.4 Å². The molecule has 1 N–H and O–H groups in total. The van der Waals surface area contributed by atoms with Gasteiger partial charge in [-0.05, 0) is 74.9 Å². The molecule has 3 nitrogen and oxygen atoms in total. The van der Waals surface area contributed by atoms with Crippen LogP contribution < -0.4 is 10.1 Å². The molecule has 2 aromatic rings. The van der Waals surface area contributed by atoms with Crippen molar-refractivity contribution in [3.63, 3.8) is 0 Å². The van der Waals surface area contributed by atoms with Crippen molar-refractivity contribution in [3.8, 4) is 5.75 Å². The Labute approximate surface area is 147 Å². The maximum Gasteiger partial charge on any atom is 0.259 e. The molecule has 104 valence electrons. The Morgan fingerprint density at radius 3 is 2.45 bits per heavy atom. The van der Waals surface area contributed by atoms with Crippen LogP contribution in [0.2, 0.25) is 0 Å². The Balaban J connectivity index is 2.31. The Morgan fingerprint density at radius 1 is 1.20 bits per heavy atom. The van der Waals surface area contributed by atoms with E-state index >= 15 is 0 Å². The summed E-state index contributed by atoms with van der Waals surface area (Å²) >= 11 is 8.98. The van der Waals surface area contributed by atoms with Crippen LogP contribution in [-0.2, 0) is 0 Å². The predicted octanol–water partition coefficient (Wildman–Crippen LogP) is 5.08. The van der Waals surface area contributed by atoms with Gasteiger partial charge in [-0.25, -0.2) is 0 Å². The average molecular weight is 511 g/mol. The number of carbonyl (C=O) groups excluding carboxylic acids is 1. The highest BCUT2D eigenvalue weighted by Gasteiger charge is 2.16. The predicted molar refractivity (Wildman–Crippen MR) is 95.5 cm³/mol. The third-order valence-electron chi connectivity index (χ3n) is 2.56. The van der Waals surface area contributed by atoms with Crippen LogP contribution in [0.5, 0.6) is 5.75 Å². The number of ether oxygens (including phenoxy) is 1. The smallest absolute Gasteiger partial charge is 0.259 e. The van der Waals surface area contributed by atoms with Gasteiger partial charge in [0, 0.05) is 13.7 Å². The second-order valence-corrected chi connectivity index (χ2v) is 6.95. The molecule has 2 aromatic carbocycles. The van der Waals surface area contributed by atoms with Gasteiger partial charge in [-0.3, -0.25) is 4.79 Å². The molecule has 0 heterocycles. The Morgan fingerprint density at radius 2 is 1.85 bits per heavy atom. The molecule has 0 unspecified atom stereocenters. The minimum absolute atomic E-state index is 0.218. The van der Waals surface area contributed by atoms with E-state index in [4.69, 9.17) is 4.74 Å². The number of halogens is 3. The number of benzene rings is 2. The molecular formula is C14H10Br2INO2. The van der Waals surface area contributed by atoms with E-state index in [2.05, 4.69) is 59.8 Å². The summed E-state index contributed by atoms with van der Waals surface area (Å²) in [5, 5.41) is 2.85. The molecule has 0 spiro atoms. The van der Waals surface area contributed by atoms with Crippen LogP contribution >= 0.6 is 54.5 Å². The van der Waals surface area contributed by atoms with Crippen LogP contribution in [0.25, 0.3) is 0 Å². The van der Waals surface area contributed by atoms with Gasteiger partial charge in [0.1, 0.15) is 5.75 Å². The van der Waals surface area contributed by atoms with Crippen molar-refractivity contribution in [2.45, 2.75) is 0 Å². The molecule has 0 radical (unpaired) electrons. The quantitative estimate of drug-likeness (QED) is 0.585. The van der Waals surface area contributed by atoms with Gasteiger partial charge in [0.05, 0.1) is 17.1 Å². The molecule has 0 saturated carbocycles. The first-order chi connectivity index (χ1) is 9.51. The fraction of sp³-hybridized carbons (Fsp3) is 0.0714. The number of hydrogen-bond donors (Lipinski definition) is 1. The molecule has 0 aromatic heterocycles. The van der Waals surface area contributed by atoms with Crippen LogP contribution in [0.15, 0.2) is 45.3 Å². The van der Waals surface area contributed by atoms with Gasteiger partial charge in [-0.2, -0.15) is 0 Å². The van der Waals surface area contributed by atoms with Crippen LogP contribution in [-0.4, -0.2) is 13.0 Å². The largest absolute Gasteiger partial charge is 0.495 e. The average Bonchev–Trinajstić information content (AvgIpc) is 2.40. The highest BCUT2D eigenvalue weighted by Crippen LogP contribution is 2.33. The van der Waals surface area contributed by atoms with Gasteiger partial charge >= 0.3 is 0 Å². The standard InChI is InChI=1S/C14H10Br2INO2/c1-20-13-11(6-8(15)7-12(13)16)14(19)18-10-4-2-9(17)3-5-10/h2-7H,1H3,(H,18,19). The monoisotopic (exact) mass is 509 g/mol. The third-order valence-corrected chi connectivity index (χ3v) is 4.33. The number of nitrogens with one attached hydrogen (secondary N) is 1. The van der Waals surface area contributed by atoms with Crippen molar-refractivity contribution in [3.05, 3.63) is 54.5 Å². The van der Waals surface area contributed by atoms with Crippen LogP contribution in [0, 0.1) is 3.57 Å². The fourth-order valence-corrected chi connectivity index (χ4v) is 3.41. The first-order valence-electron chi connectivity index (χ1n) is 5.61. The summed E-state index contributed by atoms with van der Waals surface area (Å²) < 4.78 is 7.92. The minimum atomic E-state index is -0.218. The van der Waals surface area contributed by atoms with Gasteiger partial charge in [-0.1, -0.05) is 15.9 Å². The van der Waals surface area contributed by atoms with Crippen molar-refractivity contribution in [1.82, 2.24) is 0 Å². The van der Waals surface area contributed by atoms with Crippen molar-refractivity contribution in [2.24, 2.45) is 0 Å². The zero-order chi connectivity index (χ0) is 14.7. The first-order valence-corrected chi connectivity index (χ1v) is 8.27. The van der Waals surface area contributed by atoms with E-state index in [0.717, 1.165) is 18.2 Å². The second-order valence-electron chi connectivity index (χ2n) is 3.93. The molecule has 0 aliphatic heterocycles. The molecule has 0 fully saturated rings. The fourth-order valence-electron chi connectivity index (χ4n) is 1.67. The van der Waals surface area contributed by atoms with E-state index in [-0.39, 0.29) is 5.91 Å².